The predicted molar refractivity (Wildman–Crippen MR) is 74.2 cm³/mol. The van der Waals surface area contributed by atoms with Gasteiger partial charge in [0.05, 0.1) is 24.3 Å². The molecule has 20 heavy (non-hydrogen) atoms. The summed E-state index contributed by atoms with van der Waals surface area (Å²) in [6, 6.07) is 13.8. The second-order valence-electron chi connectivity index (χ2n) is 4.16. The topological polar surface area (TPSA) is 59.3 Å². The third-order valence-electron chi connectivity index (χ3n) is 2.78. The summed E-state index contributed by atoms with van der Waals surface area (Å²) in [5, 5.41) is 8.92. The van der Waals surface area contributed by atoms with Crippen LogP contribution in [-0.4, -0.2) is 12.9 Å². The lowest BCUT2D eigenvalue weighted by Gasteiger charge is -2.10. The van der Waals surface area contributed by atoms with Gasteiger partial charge >= 0.3 is 0 Å². The van der Waals surface area contributed by atoms with Gasteiger partial charge in [-0.3, -0.25) is 4.79 Å². The lowest BCUT2D eigenvalue weighted by Crippen LogP contribution is -1.97. The van der Waals surface area contributed by atoms with E-state index < -0.39 is 0 Å². The van der Waals surface area contributed by atoms with Gasteiger partial charge in [-0.15, -0.1) is 0 Å². The first-order chi connectivity index (χ1) is 9.63. The number of nitrogens with zero attached hydrogens (tertiary/aromatic N) is 1. The van der Waals surface area contributed by atoms with Crippen LogP contribution >= 0.6 is 0 Å². The molecule has 0 saturated carbocycles. The third-order valence-corrected chi connectivity index (χ3v) is 2.78. The van der Waals surface area contributed by atoms with Crippen molar-refractivity contribution < 1.29 is 14.3 Å². The molecule has 0 fully saturated rings. The average molecular weight is 267 g/mol. The lowest BCUT2D eigenvalue weighted by molar-refractivity contribution is 0.101. The maximum atomic E-state index is 11.6. The molecular weight excluding hydrogens is 254 g/mol. The molecule has 4 nitrogen and oxygen atoms in total. The van der Waals surface area contributed by atoms with Gasteiger partial charge in [-0.05, 0) is 49.4 Å². The Morgan fingerprint density at radius 2 is 1.75 bits per heavy atom. The number of benzene rings is 2. The van der Waals surface area contributed by atoms with Crippen LogP contribution in [0, 0.1) is 11.3 Å². The van der Waals surface area contributed by atoms with Gasteiger partial charge in [0, 0.05) is 0 Å². The standard InChI is InChI=1S/C16H13NO3/c1-11(18)15-8-3-12(10-17)9-16(15)20-14-6-4-13(19-2)5-7-14/h3-9H,1-2H3. The van der Waals surface area contributed by atoms with Crippen LogP contribution in [-0.2, 0) is 0 Å². The second kappa shape index (κ2) is 5.89. The molecule has 0 heterocycles. The Bertz CT molecular complexity index is 669. The van der Waals surface area contributed by atoms with E-state index in [1.165, 1.54) is 6.92 Å². The quantitative estimate of drug-likeness (QED) is 0.795. The normalized spacial score (nSPS) is 9.65. The van der Waals surface area contributed by atoms with Crippen molar-refractivity contribution in [2.24, 2.45) is 0 Å². The van der Waals surface area contributed by atoms with Gasteiger partial charge in [0.1, 0.15) is 17.2 Å². The lowest BCUT2D eigenvalue weighted by atomic mass is 10.1. The Hall–Kier alpha value is -2.80. The second-order valence-corrected chi connectivity index (χ2v) is 4.16. The number of carbonyl (C=O) groups excluding carboxylic acids is 1. The largest absolute Gasteiger partial charge is 0.497 e. The van der Waals surface area contributed by atoms with Crippen LogP contribution in [0.4, 0.5) is 0 Å². The van der Waals surface area contributed by atoms with Crippen molar-refractivity contribution in [3.63, 3.8) is 0 Å². The van der Waals surface area contributed by atoms with Crippen LogP contribution in [0.15, 0.2) is 42.5 Å². The number of hydrogen-bond donors (Lipinski definition) is 0. The zero-order chi connectivity index (χ0) is 14.5. The molecule has 2 rings (SSSR count). The first kappa shape index (κ1) is 13.6. The molecule has 2 aromatic carbocycles. The minimum Gasteiger partial charge on any atom is -0.497 e. The first-order valence-electron chi connectivity index (χ1n) is 6.01. The molecule has 0 atom stereocenters. The third kappa shape index (κ3) is 2.96. The highest BCUT2D eigenvalue weighted by molar-refractivity contribution is 5.97. The van der Waals surface area contributed by atoms with Crippen molar-refractivity contribution in [2.75, 3.05) is 7.11 Å². The zero-order valence-corrected chi connectivity index (χ0v) is 11.2. The molecule has 0 spiro atoms. The molecule has 100 valence electrons. The SMILES string of the molecule is COc1ccc(Oc2cc(C#N)ccc2C(C)=O)cc1. The Morgan fingerprint density at radius 3 is 2.30 bits per heavy atom. The maximum absolute atomic E-state index is 11.6. The molecule has 0 aromatic heterocycles. The maximum Gasteiger partial charge on any atom is 0.163 e. The summed E-state index contributed by atoms with van der Waals surface area (Å²) in [7, 11) is 1.58. The van der Waals surface area contributed by atoms with Gasteiger partial charge in [0.15, 0.2) is 5.78 Å². The first-order valence-corrected chi connectivity index (χ1v) is 6.01. The van der Waals surface area contributed by atoms with E-state index in [0.29, 0.717) is 22.6 Å². The van der Waals surface area contributed by atoms with E-state index in [4.69, 9.17) is 14.7 Å². The molecular formula is C16H13NO3. The monoisotopic (exact) mass is 267 g/mol. The van der Waals surface area contributed by atoms with E-state index in [0.717, 1.165) is 5.75 Å². The molecule has 0 saturated heterocycles. The fourth-order valence-corrected chi connectivity index (χ4v) is 1.74. The summed E-state index contributed by atoms with van der Waals surface area (Å²) in [5.41, 5.74) is 0.887. The molecule has 0 unspecified atom stereocenters. The Morgan fingerprint density at radius 1 is 1.10 bits per heavy atom. The van der Waals surface area contributed by atoms with E-state index in [-0.39, 0.29) is 5.78 Å². The van der Waals surface area contributed by atoms with Gasteiger partial charge in [0.2, 0.25) is 0 Å². The van der Waals surface area contributed by atoms with E-state index in [1.54, 1.807) is 49.6 Å². The summed E-state index contributed by atoms with van der Waals surface area (Å²) in [6.45, 7) is 1.46. The van der Waals surface area contributed by atoms with E-state index in [2.05, 4.69) is 0 Å². The zero-order valence-electron chi connectivity index (χ0n) is 11.2. The average Bonchev–Trinajstić information content (AvgIpc) is 2.47. The van der Waals surface area contributed by atoms with Crippen LogP contribution in [0.2, 0.25) is 0 Å². The fraction of sp³-hybridized carbons (Fsp3) is 0.125. The molecule has 0 bridgehead atoms. The molecule has 0 aliphatic carbocycles. The smallest absolute Gasteiger partial charge is 0.163 e. The molecule has 4 heteroatoms. The van der Waals surface area contributed by atoms with Crippen LogP contribution in [0.3, 0.4) is 0 Å². The molecule has 0 radical (unpaired) electrons. The van der Waals surface area contributed by atoms with Gasteiger partial charge in [-0.1, -0.05) is 0 Å². The van der Waals surface area contributed by atoms with Crippen molar-refractivity contribution in [2.45, 2.75) is 6.92 Å². The Balaban J connectivity index is 2.35. The van der Waals surface area contributed by atoms with Gasteiger partial charge in [-0.2, -0.15) is 5.26 Å². The minimum absolute atomic E-state index is 0.113. The summed E-state index contributed by atoms with van der Waals surface area (Å²) < 4.78 is 10.8. The van der Waals surface area contributed by atoms with Gasteiger partial charge in [-0.25, -0.2) is 0 Å². The predicted octanol–water partition coefficient (Wildman–Crippen LogP) is 3.56. The van der Waals surface area contributed by atoms with Crippen LogP contribution < -0.4 is 9.47 Å². The number of nitriles is 1. The van der Waals surface area contributed by atoms with Gasteiger partial charge in [0.25, 0.3) is 0 Å². The van der Waals surface area contributed by atoms with Crippen LogP contribution in [0.25, 0.3) is 0 Å². The van der Waals surface area contributed by atoms with Gasteiger partial charge < -0.3 is 9.47 Å². The summed E-state index contributed by atoms with van der Waals surface area (Å²) in [6.07, 6.45) is 0. The number of ketones is 1. The fourth-order valence-electron chi connectivity index (χ4n) is 1.74. The van der Waals surface area contributed by atoms with Crippen LogP contribution in [0.1, 0.15) is 22.8 Å². The Kier molecular flexibility index (Phi) is 4.02. The molecule has 0 aliphatic heterocycles. The molecule has 0 aliphatic rings. The molecule has 0 N–H and O–H groups in total. The number of carbonyl (C=O) groups is 1. The summed E-state index contributed by atoms with van der Waals surface area (Å²) >= 11 is 0. The Labute approximate surface area is 117 Å². The van der Waals surface area contributed by atoms with Crippen molar-refractivity contribution in [3.8, 4) is 23.3 Å². The molecule has 2 aromatic rings. The highest BCUT2D eigenvalue weighted by Crippen LogP contribution is 2.28. The van der Waals surface area contributed by atoms with Crippen molar-refractivity contribution in [3.05, 3.63) is 53.6 Å². The van der Waals surface area contributed by atoms with E-state index >= 15 is 0 Å². The van der Waals surface area contributed by atoms with E-state index in [9.17, 15) is 4.79 Å². The van der Waals surface area contributed by atoms with Crippen LogP contribution in [0.5, 0.6) is 17.2 Å². The minimum atomic E-state index is -0.113. The number of Topliss-reactive ketones (excluding diaryl/α,β-unsaturated/α-hetero) is 1. The van der Waals surface area contributed by atoms with Crippen molar-refractivity contribution in [1.29, 1.82) is 5.26 Å². The highest BCUT2D eigenvalue weighted by atomic mass is 16.5. The van der Waals surface area contributed by atoms with Crippen molar-refractivity contribution in [1.82, 2.24) is 0 Å². The van der Waals surface area contributed by atoms with Crippen molar-refractivity contribution >= 4 is 5.78 Å². The molecule has 0 amide bonds. The number of rotatable bonds is 4. The number of ether oxygens (including phenoxy) is 2. The summed E-state index contributed by atoms with van der Waals surface area (Å²) in [5.74, 6) is 1.55. The highest BCUT2D eigenvalue weighted by Gasteiger charge is 2.10. The number of hydrogen-bond acceptors (Lipinski definition) is 4. The summed E-state index contributed by atoms with van der Waals surface area (Å²) in [4.78, 5) is 11.6. The van der Waals surface area contributed by atoms with E-state index in [1.807, 2.05) is 6.07 Å². The number of methoxy groups -OCH3 is 1.